The molecule has 0 radical (unpaired) electrons. The largest absolute Gasteiger partial charge is 0.493 e. The number of fused-ring (bicyclic) bond motifs is 1. The van der Waals surface area contributed by atoms with E-state index in [1.807, 2.05) is 4.90 Å². The molecule has 5 rings (SSSR count). The predicted molar refractivity (Wildman–Crippen MR) is 157 cm³/mol. The number of methoxy groups -OCH3 is 2. The number of nitrogens with one attached hydrogen (secondary N) is 1. The summed E-state index contributed by atoms with van der Waals surface area (Å²) >= 11 is 0. The van der Waals surface area contributed by atoms with Crippen molar-refractivity contribution in [3.05, 3.63) is 47.5 Å². The van der Waals surface area contributed by atoms with E-state index < -0.39 is 5.82 Å². The van der Waals surface area contributed by atoms with Crippen LogP contribution in [0.3, 0.4) is 0 Å². The van der Waals surface area contributed by atoms with Gasteiger partial charge in [0.05, 0.1) is 14.2 Å². The molecule has 3 aromatic rings. The highest BCUT2D eigenvalue weighted by atomic mass is 19.1. The number of piperazine rings is 1. The number of carbonyl (C=O) groups excluding carboxylic acids is 1. The van der Waals surface area contributed by atoms with Gasteiger partial charge >= 0.3 is 0 Å². The molecule has 3 heterocycles. The summed E-state index contributed by atoms with van der Waals surface area (Å²) in [5.41, 5.74) is 7.06. The van der Waals surface area contributed by atoms with Gasteiger partial charge in [-0.3, -0.25) is 4.79 Å². The summed E-state index contributed by atoms with van der Waals surface area (Å²) in [6.07, 6.45) is 13.1. The number of piperidine rings is 1. The molecule has 0 unspecified atom stereocenters. The summed E-state index contributed by atoms with van der Waals surface area (Å²) in [6.45, 7) is 4.44. The Morgan fingerprint density at radius 1 is 1.00 bits per heavy atom. The Morgan fingerprint density at radius 3 is 2.20 bits per heavy atom. The standard InChI is InChI=1S/C23H25F2N5O3.C5H11N.C2H2/c1-32-17-13-16-20(19(25)21(17)33-2)27-23(28-22(16)26)30-11-9-29(10-12-30)18(31)8-5-14-3-6-15(24)7-4-14;1-2-4-6-5-3-1;1-2/h3-4,6-7,13H,5,8-12H2,1-2H3,(H2,26,27,28);6H,1-5H2;1-2H. The highest BCUT2D eigenvalue weighted by Crippen LogP contribution is 2.37. The van der Waals surface area contributed by atoms with Crippen molar-refractivity contribution < 1.29 is 23.0 Å². The number of hydrogen-bond acceptors (Lipinski definition) is 8. The first-order valence-electron chi connectivity index (χ1n) is 13.6. The van der Waals surface area contributed by atoms with Gasteiger partial charge in [0.1, 0.15) is 17.2 Å². The van der Waals surface area contributed by atoms with Gasteiger partial charge in [-0.15, -0.1) is 12.8 Å². The zero-order chi connectivity index (χ0) is 29.8. The number of aromatic nitrogens is 2. The first kappa shape index (κ1) is 31.4. The highest BCUT2D eigenvalue weighted by Gasteiger charge is 2.25. The Morgan fingerprint density at radius 2 is 1.66 bits per heavy atom. The van der Waals surface area contributed by atoms with Crippen molar-refractivity contribution >= 4 is 28.6 Å². The SMILES string of the molecule is C#C.C1CCNCC1.COc1cc2c(N)nc(N3CCN(C(=O)CCc4ccc(F)cc4)CC3)nc2c(F)c1OC. The number of aryl methyl sites for hydroxylation is 1. The molecular weight excluding hydrogens is 530 g/mol. The van der Waals surface area contributed by atoms with Crippen molar-refractivity contribution in [3.8, 4) is 24.3 Å². The summed E-state index contributed by atoms with van der Waals surface area (Å²) in [5.74, 6) is -0.353. The van der Waals surface area contributed by atoms with Gasteiger partial charge in [0.15, 0.2) is 17.3 Å². The number of nitrogen functional groups attached to an aromatic ring is 1. The van der Waals surface area contributed by atoms with Crippen molar-refractivity contribution in [1.82, 2.24) is 20.2 Å². The molecule has 2 fully saturated rings. The molecule has 2 aliphatic rings. The molecule has 0 saturated carbocycles. The Labute approximate surface area is 240 Å². The molecule has 220 valence electrons. The number of anilines is 2. The minimum Gasteiger partial charge on any atom is -0.493 e. The molecule has 9 nitrogen and oxygen atoms in total. The Balaban J connectivity index is 0.000000505. The van der Waals surface area contributed by atoms with Crippen molar-refractivity contribution in [2.75, 3.05) is 64.1 Å². The fourth-order valence-corrected chi connectivity index (χ4v) is 4.70. The second-order valence-electron chi connectivity index (χ2n) is 9.54. The lowest BCUT2D eigenvalue weighted by Gasteiger charge is -2.35. The van der Waals surface area contributed by atoms with E-state index >= 15 is 4.39 Å². The normalized spacial score (nSPS) is 14.8. The smallest absolute Gasteiger partial charge is 0.228 e. The van der Waals surface area contributed by atoms with E-state index in [1.54, 1.807) is 23.1 Å². The molecule has 0 spiro atoms. The first-order chi connectivity index (χ1) is 19.9. The van der Waals surface area contributed by atoms with Crippen molar-refractivity contribution in [2.24, 2.45) is 0 Å². The van der Waals surface area contributed by atoms with E-state index in [9.17, 15) is 9.18 Å². The molecule has 2 aliphatic heterocycles. The molecule has 3 N–H and O–H groups in total. The number of ether oxygens (including phenoxy) is 2. The number of nitrogens with zero attached hydrogens (tertiary/aromatic N) is 4. The second-order valence-corrected chi connectivity index (χ2v) is 9.54. The average molecular weight is 569 g/mol. The maximum absolute atomic E-state index is 15.0. The number of hydrogen-bond donors (Lipinski definition) is 2. The lowest BCUT2D eigenvalue weighted by molar-refractivity contribution is -0.131. The first-order valence-corrected chi connectivity index (χ1v) is 13.6. The molecule has 41 heavy (non-hydrogen) atoms. The lowest BCUT2D eigenvalue weighted by atomic mass is 10.1. The molecule has 0 bridgehead atoms. The summed E-state index contributed by atoms with van der Waals surface area (Å²) in [5, 5.41) is 3.62. The summed E-state index contributed by atoms with van der Waals surface area (Å²) in [4.78, 5) is 25.0. The highest BCUT2D eigenvalue weighted by molar-refractivity contribution is 5.92. The second kappa shape index (κ2) is 15.6. The van der Waals surface area contributed by atoms with Gasteiger partial charge in [0, 0.05) is 38.0 Å². The number of benzene rings is 2. The van der Waals surface area contributed by atoms with Crippen molar-refractivity contribution in [2.45, 2.75) is 32.1 Å². The van der Waals surface area contributed by atoms with E-state index in [1.165, 1.54) is 58.7 Å². The average Bonchev–Trinajstić information content (AvgIpc) is 3.03. The number of nitrogens with two attached hydrogens (primary N) is 1. The van der Waals surface area contributed by atoms with Crippen LogP contribution >= 0.6 is 0 Å². The summed E-state index contributed by atoms with van der Waals surface area (Å²) < 4.78 is 38.3. The van der Waals surface area contributed by atoms with Gasteiger partial charge < -0.3 is 30.3 Å². The molecular formula is C30H38F2N6O3. The van der Waals surface area contributed by atoms with E-state index in [4.69, 9.17) is 15.2 Å². The minimum absolute atomic E-state index is 0.0285. The number of halogens is 2. The maximum Gasteiger partial charge on any atom is 0.228 e. The number of carbonyl (C=O) groups is 1. The van der Waals surface area contributed by atoms with E-state index in [2.05, 4.69) is 28.1 Å². The topological polar surface area (TPSA) is 106 Å². The zero-order valence-corrected chi connectivity index (χ0v) is 23.7. The van der Waals surface area contributed by atoms with Crippen LogP contribution in [-0.4, -0.2) is 74.3 Å². The third kappa shape index (κ3) is 8.17. The van der Waals surface area contributed by atoms with E-state index in [-0.39, 0.29) is 34.6 Å². The molecule has 0 aliphatic carbocycles. The zero-order valence-electron chi connectivity index (χ0n) is 23.7. The van der Waals surface area contributed by atoms with Gasteiger partial charge in [0.2, 0.25) is 11.9 Å². The minimum atomic E-state index is -0.670. The molecule has 1 amide bonds. The number of rotatable bonds is 6. The van der Waals surface area contributed by atoms with Gasteiger partial charge in [-0.05, 0) is 56.1 Å². The quantitative estimate of drug-likeness (QED) is 0.433. The van der Waals surface area contributed by atoms with E-state index in [0.717, 1.165) is 5.56 Å². The van der Waals surface area contributed by atoms with Crippen LogP contribution < -0.4 is 25.4 Å². The van der Waals surface area contributed by atoms with Gasteiger partial charge in [-0.2, -0.15) is 4.98 Å². The maximum atomic E-state index is 15.0. The van der Waals surface area contributed by atoms with Crippen LogP contribution in [-0.2, 0) is 11.2 Å². The number of terminal acetylenes is 1. The van der Waals surface area contributed by atoms with Crippen LogP contribution in [0.15, 0.2) is 30.3 Å². The van der Waals surface area contributed by atoms with Crippen molar-refractivity contribution in [3.63, 3.8) is 0 Å². The summed E-state index contributed by atoms with van der Waals surface area (Å²) in [6, 6.07) is 7.70. The molecule has 2 saturated heterocycles. The monoisotopic (exact) mass is 568 g/mol. The predicted octanol–water partition coefficient (Wildman–Crippen LogP) is 3.80. The van der Waals surface area contributed by atoms with Crippen molar-refractivity contribution in [1.29, 1.82) is 0 Å². The third-order valence-corrected chi connectivity index (χ3v) is 6.96. The lowest BCUT2D eigenvalue weighted by Crippen LogP contribution is -2.49. The fourth-order valence-electron chi connectivity index (χ4n) is 4.70. The van der Waals surface area contributed by atoms with Crippen LogP contribution in [0.2, 0.25) is 0 Å². The molecule has 11 heteroatoms. The van der Waals surface area contributed by atoms with Crippen LogP contribution in [0.5, 0.6) is 11.5 Å². The van der Waals surface area contributed by atoms with Gasteiger partial charge in [0.25, 0.3) is 0 Å². The van der Waals surface area contributed by atoms with Crippen LogP contribution in [0.4, 0.5) is 20.5 Å². The van der Waals surface area contributed by atoms with Crippen LogP contribution in [0.25, 0.3) is 10.9 Å². The van der Waals surface area contributed by atoms with Gasteiger partial charge in [-0.25, -0.2) is 13.8 Å². The Bertz CT molecular complexity index is 1300. The Kier molecular flexibility index (Phi) is 11.9. The third-order valence-electron chi connectivity index (χ3n) is 6.96. The van der Waals surface area contributed by atoms with Gasteiger partial charge in [-0.1, -0.05) is 18.6 Å². The molecule has 0 atom stereocenters. The molecule has 1 aromatic heterocycles. The molecule has 2 aromatic carbocycles. The Hall–Kier alpha value is -4.17. The fraction of sp³-hybridized carbons (Fsp3) is 0.433. The van der Waals surface area contributed by atoms with Crippen LogP contribution in [0, 0.1) is 24.5 Å². The van der Waals surface area contributed by atoms with Crippen LogP contribution in [0.1, 0.15) is 31.2 Å². The summed E-state index contributed by atoms with van der Waals surface area (Å²) in [7, 11) is 2.76. The number of amides is 1. The van der Waals surface area contributed by atoms with E-state index in [0.29, 0.717) is 50.4 Å².